The third-order valence-corrected chi connectivity index (χ3v) is 6.11. The first-order valence-corrected chi connectivity index (χ1v) is 11.0. The molecule has 0 bridgehead atoms. The number of aromatic nitrogens is 1. The van der Waals surface area contributed by atoms with Crippen LogP contribution >= 0.6 is 11.3 Å². The van der Waals surface area contributed by atoms with E-state index in [0.29, 0.717) is 39.3 Å². The summed E-state index contributed by atoms with van der Waals surface area (Å²) >= 11 is 1.42. The molecule has 0 aliphatic carbocycles. The molecule has 0 fully saturated rings. The Kier molecular flexibility index (Phi) is 5.58. The van der Waals surface area contributed by atoms with E-state index in [1.54, 1.807) is 32.4 Å². The van der Waals surface area contributed by atoms with Crippen molar-refractivity contribution in [3.05, 3.63) is 71.8 Å². The van der Waals surface area contributed by atoms with Crippen molar-refractivity contribution in [1.82, 2.24) is 4.98 Å². The predicted molar refractivity (Wildman–Crippen MR) is 128 cm³/mol. The van der Waals surface area contributed by atoms with Crippen molar-refractivity contribution >= 4 is 44.2 Å². The van der Waals surface area contributed by atoms with Crippen LogP contribution in [0.5, 0.6) is 23.0 Å². The zero-order valence-corrected chi connectivity index (χ0v) is 18.8. The zero-order chi connectivity index (χ0) is 22.8. The number of anilines is 1. The number of para-hydroxylation sites is 1. The standard InChI is InChI=1S/C25H20N2O5S/c1-29-19-10-8-16(13-21(19)30-2)17(11-15-7-9-20-22(12-15)32-14-31-20)24(28)27-25-26-18-5-3-4-6-23(18)33-25/h3-13H,14H2,1-2H3,(H,26,27,28)/b17-11+. The number of nitrogens with zero attached hydrogens (tertiary/aromatic N) is 1. The number of nitrogens with one attached hydrogen (secondary N) is 1. The molecule has 1 aliphatic rings. The maximum absolute atomic E-state index is 13.4. The molecule has 4 aromatic rings. The highest BCUT2D eigenvalue weighted by molar-refractivity contribution is 7.22. The fourth-order valence-electron chi connectivity index (χ4n) is 3.54. The van der Waals surface area contributed by atoms with Gasteiger partial charge in [0.05, 0.1) is 24.4 Å². The monoisotopic (exact) mass is 460 g/mol. The Hall–Kier alpha value is -4.04. The lowest BCUT2D eigenvalue weighted by Crippen LogP contribution is -2.13. The number of hydrogen-bond acceptors (Lipinski definition) is 7. The predicted octanol–water partition coefficient (Wildman–Crippen LogP) is 5.22. The van der Waals surface area contributed by atoms with Crippen molar-refractivity contribution in [2.45, 2.75) is 0 Å². The summed E-state index contributed by atoms with van der Waals surface area (Å²) < 4.78 is 22.7. The Morgan fingerprint density at radius 2 is 1.82 bits per heavy atom. The number of carbonyl (C=O) groups is 1. The number of methoxy groups -OCH3 is 2. The summed E-state index contributed by atoms with van der Waals surface area (Å²) in [5, 5.41) is 3.47. The van der Waals surface area contributed by atoms with Crippen molar-refractivity contribution in [1.29, 1.82) is 0 Å². The van der Waals surface area contributed by atoms with Gasteiger partial charge in [0.25, 0.3) is 5.91 Å². The molecule has 1 aromatic heterocycles. The summed E-state index contributed by atoms with van der Waals surface area (Å²) in [6.45, 7) is 0.184. The van der Waals surface area contributed by atoms with E-state index < -0.39 is 0 Å². The van der Waals surface area contributed by atoms with E-state index in [2.05, 4.69) is 10.3 Å². The minimum absolute atomic E-state index is 0.184. The van der Waals surface area contributed by atoms with Crippen LogP contribution in [0.2, 0.25) is 0 Å². The molecule has 0 saturated heterocycles. The fourth-order valence-corrected chi connectivity index (χ4v) is 4.40. The van der Waals surface area contributed by atoms with Gasteiger partial charge in [0.15, 0.2) is 28.1 Å². The first-order chi connectivity index (χ1) is 16.1. The van der Waals surface area contributed by atoms with Gasteiger partial charge in [-0.15, -0.1) is 0 Å². The average molecular weight is 461 g/mol. The number of fused-ring (bicyclic) bond motifs is 2. The van der Waals surface area contributed by atoms with E-state index in [1.807, 2.05) is 48.5 Å². The maximum atomic E-state index is 13.4. The first kappa shape index (κ1) is 20.8. The third kappa shape index (κ3) is 4.20. The van der Waals surface area contributed by atoms with Gasteiger partial charge in [0, 0.05) is 5.57 Å². The Labute approximate surface area is 194 Å². The number of ether oxygens (including phenoxy) is 4. The lowest BCUT2D eigenvalue weighted by molar-refractivity contribution is -0.111. The van der Waals surface area contributed by atoms with Crippen LogP contribution < -0.4 is 24.3 Å². The van der Waals surface area contributed by atoms with E-state index in [4.69, 9.17) is 18.9 Å². The van der Waals surface area contributed by atoms with Crippen LogP contribution in [-0.2, 0) is 4.79 Å². The SMILES string of the molecule is COc1ccc(/C(=C\c2ccc3c(c2)OCO3)C(=O)Nc2nc3ccccc3s2)cc1OC. The molecule has 1 amide bonds. The van der Waals surface area contributed by atoms with Crippen molar-refractivity contribution in [3.63, 3.8) is 0 Å². The lowest BCUT2D eigenvalue weighted by atomic mass is 10.0. The van der Waals surface area contributed by atoms with Crippen molar-refractivity contribution in [3.8, 4) is 23.0 Å². The molecular formula is C25H20N2O5S. The molecule has 3 aromatic carbocycles. The Bertz CT molecular complexity index is 1350. The molecule has 0 unspecified atom stereocenters. The van der Waals surface area contributed by atoms with Gasteiger partial charge < -0.3 is 18.9 Å². The van der Waals surface area contributed by atoms with Gasteiger partial charge in [-0.25, -0.2) is 4.98 Å². The van der Waals surface area contributed by atoms with Gasteiger partial charge in [0.1, 0.15) is 0 Å². The van der Waals surface area contributed by atoms with Crippen molar-refractivity contribution in [2.24, 2.45) is 0 Å². The summed E-state index contributed by atoms with van der Waals surface area (Å²) in [4.78, 5) is 18.0. The lowest BCUT2D eigenvalue weighted by Gasteiger charge is -2.12. The summed E-state index contributed by atoms with van der Waals surface area (Å²) in [6, 6.07) is 18.7. The van der Waals surface area contributed by atoms with Crippen LogP contribution in [0.3, 0.4) is 0 Å². The second-order valence-corrected chi connectivity index (χ2v) is 8.21. The van der Waals surface area contributed by atoms with Gasteiger partial charge in [-0.1, -0.05) is 35.6 Å². The van der Waals surface area contributed by atoms with Gasteiger partial charge in [-0.2, -0.15) is 0 Å². The molecule has 1 N–H and O–H groups in total. The van der Waals surface area contributed by atoms with Gasteiger partial charge in [-0.05, 0) is 53.6 Å². The fraction of sp³-hybridized carbons (Fsp3) is 0.120. The molecule has 1 aliphatic heterocycles. The van der Waals surface area contributed by atoms with Gasteiger partial charge in [0.2, 0.25) is 6.79 Å². The van der Waals surface area contributed by atoms with Crippen molar-refractivity contribution in [2.75, 3.05) is 26.3 Å². The molecule has 0 spiro atoms. The quantitative estimate of drug-likeness (QED) is 0.314. The van der Waals surface area contributed by atoms with Crippen LogP contribution in [-0.4, -0.2) is 31.9 Å². The minimum atomic E-state index is -0.293. The molecule has 5 rings (SSSR count). The summed E-state index contributed by atoms with van der Waals surface area (Å²) in [6.07, 6.45) is 1.80. The second kappa shape index (κ2) is 8.84. The van der Waals surface area contributed by atoms with Crippen LogP contribution in [0.4, 0.5) is 5.13 Å². The average Bonchev–Trinajstić information content (AvgIpc) is 3.47. The second-order valence-electron chi connectivity index (χ2n) is 7.18. The topological polar surface area (TPSA) is 78.9 Å². The van der Waals surface area contributed by atoms with E-state index >= 15 is 0 Å². The highest BCUT2D eigenvalue weighted by atomic mass is 32.1. The third-order valence-electron chi connectivity index (χ3n) is 5.16. The molecule has 0 radical (unpaired) electrons. The summed E-state index contributed by atoms with van der Waals surface area (Å²) in [7, 11) is 3.13. The molecule has 33 heavy (non-hydrogen) atoms. The largest absolute Gasteiger partial charge is 0.493 e. The Balaban J connectivity index is 1.55. The number of thiazole rings is 1. The van der Waals surface area contributed by atoms with Crippen molar-refractivity contribution < 1.29 is 23.7 Å². The van der Waals surface area contributed by atoms with E-state index in [0.717, 1.165) is 15.8 Å². The van der Waals surface area contributed by atoms with E-state index in [9.17, 15) is 4.79 Å². The van der Waals surface area contributed by atoms with Crippen LogP contribution in [0.1, 0.15) is 11.1 Å². The number of hydrogen-bond donors (Lipinski definition) is 1. The highest BCUT2D eigenvalue weighted by Crippen LogP contribution is 2.35. The van der Waals surface area contributed by atoms with E-state index in [-0.39, 0.29) is 12.7 Å². The molecule has 7 nitrogen and oxygen atoms in total. The van der Waals surface area contributed by atoms with E-state index in [1.165, 1.54) is 11.3 Å². The number of benzene rings is 3. The molecular weight excluding hydrogens is 440 g/mol. The molecule has 2 heterocycles. The van der Waals surface area contributed by atoms with Crippen LogP contribution in [0, 0.1) is 0 Å². The highest BCUT2D eigenvalue weighted by Gasteiger charge is 2.18. The Morgan fingerprint density at radius 3 is 2.64 bits per heavy atom. The smallest absolute Gasteiger partial charge is 0.258 e. The minimum Gasteiger partial charge on any atom is -0.493 e. The molecule has 0 atom stereocenters. The number of amides is 1. The summed E-state index contributed by atoms with van der Waals surface area (Å²) in [5.74, 6) is 2.13. The number of carbonyl (C=O) groups excluding carboxylic acids is 1. The normalized spacial score (nSPS) is 12.6. The Morgan fingerprint density at radius 1 is 1.00 bits per heavy atom. The van der Waals surface area contributed by atoms with Gasteiger partial charge in [-0.3, -0.25) is 10.1 Å². The van der Waals surface area contributed by atoms with Crippen LogP contribution in [0.25, 0.3) is 21.9 Å². The molecule has 0 saturated carbocycles. The molecule has 8 heteroatoms. The maximum Gasteiger partial charge on any atom is 0.258 e. The summed E-state index contributed by atoms with van der Waals surface area (Å²) in [5.41, 5.74) is 2.74. The van der Waals surface area contributed by atoms with Crippen LogP contribution in [0.15, 0.2) is 60.7 Å². The molecule has 166 valence electrons. The first-order valence-electron chi connectivity index (χ1n) is 10.2. The van der Waals surface area contributed by atoms with Gasteiger partial charge >= 0.3 is 0 Å². The zero-order valence-electron chi connectivity index (χ0n) is 18.0. The number of rotatable bonds is 6.